The first-order chi connectivity index (χ1) is 9.22. The second kappa shape index (κ2) is 6.33. The summed E-state index contributed by atoms with van der Waals surface area (Å²) in [5.41, 5.74) is 0.929. The molecule has 2 aromatic heterocycles. The molecule has 0 saturated carbocycles. The topological polar surface area (TPSA) is 80.9 Å². The fourth-order valence-corrected chi connectivity index (χ4v) is 2.35. The Morgan fingerprint density at radius 2 is 2.11 bits per heavy atom. The largest absolute Gasteiger partial charge is 0.481 e. The van der Waals surface area contributed by atoms with Crippen molar-refractivity contribution in [1.82, 2.24) is 19.7 Å². The van der Waals surface area contributed by atoms with Crippen LogP contribution in [0.2, 0.25) is 0 Å². The molecule has 2 rings (SSSR count). The van der Waals surface area contributed by atoms with Crippen LogP contribution in [0.3, 0.4) is 0 Å². The maximum absolute atomic E-state index is 10.6. The van der Waals surface area contributed by atoms with E-state index in [2.05, 4.69) is 22.1 Å². The Balaban J connectivity index is 2.31. The van der Waals surface area contributed by atoms with E-state index in [1.165, 1.54) is 11.8 Å². The van der Waals surface area contributed by atoms with E-state index in [4.69, 9.17) is 5.11 Å². The highest BCUT2D eigenvalue weighted by Gasteiger charge is 2.14. The third-order valence-electron chi connectivity index (χ3n) is 2.43. The molecule has 0 aliphatic rings. The highest BCUT2D eigenvalue weighted by Crippen LogP contribution is 2.23. The van der Waals surface area contributed by atoms with Gasteiger partial charge in [-0.1, -0.05) is 18.7 Å². The van der Waals surface area contributed by atoms with Gasteiger partial charge in [0.2, 0.25) is 0 Å². The lowest BCUT2D eigenvalue weighted by Gasteiger charge is -2.07. The van der Waals surface area contributed by atoms with Crippen molar-refractivity contribution in [2.24, 2.45) is 0 Å². The zero-order valence-electron chi connectivity index (χ0n) is 10.5. The van der Waals surface area contributed by atoms with Crippen LogP contribution in [-0.2, 0) is 11.3 Å². The summed E-state index contributed by atoms with van der Waals surface area (Å²) < 4.78 is 1.95. The smallest absolute Gasteiger partial charge is 0.313 e. The van der Waals surface area contributed by atoms with E-state index in [9.17, 15) is 4.79 Å². The van der Waals surface area contributed by atoms with Gasteiger partial charge in [0, 0.05) is 24.5 Å². The maximum Gasteiger partial charge on any atom is 0.313 e. The monoisotopic (exact) mass is 278 g/mol. The number of hydrogen-bond acceptors (Lipinski definition) is 5. The highest BCUT2D eigenvalue weighted by atomic mass is 32.2. The average molecular weight is 278 g/mol. The quantitative estimate of drug-likeness (QED) is 0.813. The van der Waals surface area contributed by atoms with Gasteiger partial charge in [0.1, 0.15) is 0 Å². The van der Waals surface area contributed by atoms with Crippen LogP contribution in [0.1, 0.15) is 13.3 Å². The molecule has 7 heteroatoms. The van der Waals surface area contributed by atoms with E-state index in [0.717, 1.165) is 24.4 Å². The van der Waals surface area contributed by atoms with Crippen LogP contribution in [0.4, 0.5) is 0 Å². The van der Waals surface area contributed by atoms with Gasteiger partial charge in [-0.2, -0.15) is 0 Å². The number of hydrogen-bond donors (Lipinski definition) is 1. The molecule has 0 fully saturated rings. The molecular formula is C12H14N4O2S. The fraction of sp³-hybridized carbons (Fsp3) is 0.333. The second-order valence-corrected chi connectivity index (χ2v) is 4.82. The number of nitrogens with zero attached hydrogens (tertiary/aromatic N) is 4. The predicted octanol–water partition coefficient (Wildman–Crippen LogP) is 1.93. The maximum atomic E-state index is 10.6. The molecule has 0 aliphatic carbocycles. The number of carboxylic acids is 1. The summed E-state index contributed by atoms with van der Waals surface area (Å²) in [5, 5.41) is 17.6. The normalized spacial score (nSPS) is 10.6. The molecule has 100 valence electrons. The minimum atomic E-state index is -0.860. The van der Waals surface area contributed by atoms with Crippen molar-refractivity contribution >= 4 is 17.7 Å². The number of thioether (sulfide) groups is 1. The van der Waals surface area contributed by atoms with Gasteiger partial charge in [-0.05, 0) is 18.6 Å². The Kier molecular flexibility index (Phi) is 4.51. The van der Waals surface area contributed by atoms with Crippen LogP contribution < -0.4 is 0 Å². The van der Waals surface area contributed by atoms with Crippen molar-refractivity contribution in [3.8, 4) is 11.4 Å². The Morgan fingerprint density at radius 1 is 1.37 bits per heavy atom. The standard InChI is InChI=1S/C12H14N4O2S/c1-2-7-16-11(9-3-5-13-6-4-9)14-15-12(16)19-8-10(17)18/h3-6H,2,7-8H2,1H3,(H,17,18). The summed E-state index contributed by atoms with van der Waals surface area (Å²) in [6, 6.07) is 3.73. The van der Waals surface area contributed by atoms with Crippen molar-refractivity contribution in [1.29, 1.82) is 0 Å². The first-order valence-corrected chi connectivity index (χ1v) is 6.89. The molecule has 6 nitrogen and oxygen atoms in total. The molecule has 19 heavy (non-hydrogen) atoms. The van der Waals surface area contributed by atoms with Gasteiger partial charge in [-0.15, -0.1) is 10.2 Å². The molecule has 0 saturated heterocycles. The predicted molar refractivity (Wildman–Crippen MR) is 71.9 cm³/mol. The van der Waals surface area contributed by atoms with E-state index in [1.54, 1.807) is 12.4 Å². The van der Waals surface area contributed by atoms with Crippen LogP contribution >= 0.6 is 11.8 Å². The summed E-state index contributed by atoms with van der Waals surface area (Å²) in [7, 11) is 0. The minimum absolute atomic E-state index is 0.0157. The second-order valence-electron chi connectivity index (χ2n) is 3.88. The van der Waals surface area contributed by atoms with Gasteiger partial charge in [-0.25, -0.2) is 0 Å². The number of rotatable bonds is 6. The van der Waals surface area contributed by atoms with Crippen molar-refractivity contribution in [3.05, 3.63) is 24.5 Å². The number of carboxylic acid groups (broad SMARTS) is 1. The summed E-state index contributed by atoms with van der Waals surface area (Å²) >= 11 is 1.18. The molecule has 0 spiro atoms. The van der Waals surface area contributed by atoms with Gasteiger partial charge < -0.3 is 9.67 Å². The van der Waals surface area contributed by atoms with E-state index >= 15 is 0 Å². The third-order valence-corrected chi connectivity index (χ3v) is 3.38. The molecule has 2 heterocycles. The van der Waals surface area contributed by atoms with Crippen molar-refractivity contribution in [2.45, 2.75) is 25.0 Å². The molecule has 0 aromatic carbocycles. The average Bonchev–Trinajstić information content (AvgIpc) is 2.81. The van der Waals surface area contributed by atoms with Crippen molar-refractivity contribution in [3.63, 3.8) is 0 Å². The lowest BCUT2D eigenvalue weighted by molar-refractivity contribution is -0.133. The SMILES string of the molecule is CCCn1c(SCC(=O)O)nnc1-c1ccncc1. The molecular weight excluding hydrogens is 264 g/mol. The molecule has 0 aliphatic heterocycles. The summed E-state index contributed by atoms with van der Waals surface area (Å²) in [6.45, 7) is 2.81. The molecule has 0 unspecified atom stereocenters. The minimum Gasteiger partial charge on any atom is -0.481 e. The Morgan fingerprint density at radius 3 is 2.74 bits per heavy atom. The van der Waals surface area contributed by atoms with E-state index < -0.39 is 5.97 Å². The number of aliphatic carboxylic acids is 1. The first kappa shape index (κ1) is 13.5. The lowest BCUT2D eigenvalue weighted by atomic mass is 10.2. The third kappa shape index (κ3) is 3.31. The van der Waals surface area contributed by atoms with Crippen LogP contribution in [0, 0.1) is 0 Å². The van der Waals surface area contributed by atoms with Crippen LogP contribution in [0.5, 0.6) is 0 Å². The summed E-state index contributed by atoms with van der Waals surface area (Å²) in [5.74, 6) is -0.128. The Hall–Kier alpha value is -1.89. The number of pyridine rings is 1. The van der Waals surface area contributed by atoms with E-state index in [1.807, 2.05) is 16.7 Å². The van der Waals surface area contributed by atoms with Crippen LogP contribution in [0.25, 0.3) is 11.4 Å². The zero-order valence-corrected chi connectivity index (χ0v) is 11.3. The van der Waals surface area contributed by atoms with Crippen molar-refractivity contribution in [2.75, 3.05) is 5.75 Å². The van der Waals surface area contributed by atoms with Crippen LogP contribution in [0.15, 0.2) is 29.7 Å². The van der Waals surface area contributed by atoms with E-state index in [0.29, 0.717) is 5.16 Å². The van der Waals surface area contributed by atoms with Crippen molar-refractivity contribution < 1.29 is 9.90 Å². The zero-order chi connectivity index (χ0) is 13.7. The Bertz CT molecular complexity index is 556. The van der Waals surface area contributed by atoms with Gasteiger partial charge in [0.15, 0.2) is 11.0 Å². The van der Waals surface area contributed by atoms with Gasteiger partial charge in [-0.3, -0.25) is 9.78 Å². The molecule has 0 bridgehead atoms. The number of carbonyl (C=O) groups is 1. The molecule has 0 amide bonds. The molecule has 0 radical (unpaired) electrons. The van der Waals surface area contributed by atoms with Gasteiger partial charge in [0.25, 0.3) is 0 Å². The summed E-state index contributed by atoms with van der Waals surface area (Å²) in [4.78, 5) is 14.6. The van der Waals surface area contributed by atoms with Gasteiger partial charge in [0.05, 0.1) is 5.75 Å². The highest BCUT2D eigenvalue weighted by molar-refractivity contribution is 7.99. The fourth-order valence-electron chi connectivity index (χ4n) is 1.66. The lowest BCUT2D eigenvalue weighted by Crippen LogP contribution is -2.04. The molecule has 2 aromatic rings. The molecule has 1 N–H and O–H groups in total. The van der Waals surface area contributed by atoms with Gasteiger partial charge >= 0.3 is 5.97 Å². The number of aromatic nitrogens is 4. The first-order valence-electron chi connectivity index (χ1n) is 5.90. The summed E-state index contributed by atoms with van der Waals surface area (Å²) in [6.07, 6.45) is 4.32. The Labute approximate surface area is 114 Å². The molecule has 0 atom stereocenters. The van der Waals surface area contributed by atoms with Crippen LogP contribution in [-0.4, -0.2) is 36.6 Å². The van der Waals surface area contributed by atoms with E-state index in [-0.39, 0.29) is 5.75 Å².